The second-order valence-corrected chi connectivity index (χ2v) is 11.5. The lowest BCUT2D eigenvalue weighted by atomic mass is 9.86. The lowest BCUT2D eigenvalue weighted by Gasteiger charge is -2.31. The van der Waals surface area contributed by atoms with Crippen molar-refractivity contribution in [2.24, 2.45) is 5.73 Å². The molecule has 0 saturated heterocycles. The van der Waals surface area contributed by atoms with Gasteiger partial charge in [-0.15, -0.1) is 0 Å². The number of amides is 1. The zero-order chi connectivity index (χ0) is 30.9. The van der Waals surface area contributed by atoms with Crippen molar-refractivity contribution >= 4 is 39.4 Å². The summed E-state index contributed by atoms with van der Waals surface area (Å²) in [7, 11) is 0. The van der Waals surface area contributed by atoms with Crippen molar-refractivity contribution in [3.63, 3.8) is 0 Å². The van der Waals surface area contributed by atoms with Gasteiger partial charge in [-0.25, -0.2) is 9.78 Å². The molecule has 10 heteroatoms. The number of nitrogens with zero attached hydrogens (tertiary/aromatic N) is 3. The number of aryl methyl sites for hydroxylation is 1. The minimum absolute atomic E-state index is 0.0888. The second kappa shape index (κ2) is 10.1. The van der Waals surface area contributed by atoms with Crippen LogP contribution < -0.4 is 16.6 Å². The molecule has 44 heavy (non-hydrogen) atoms. The van der Waals surface area contributed by atoms with Crippen LogP contribution in [-0.4, -0.2) is 37.6 Å². The number of nitrogens with two attached hydrogens (primary N) is 1. The van der Waals surface area contributed by atoms with Crippen molar-refractivity contribution in [1.82, 2.24) is 14.5 Å². The molecule has 4 N–H and O–H groups in total. The van der Waals surface area contributed by atoms with Gasteiger partial charge in [-0.05, 0) is 67.3 Å². The van der Waals surface area contributed by atoms with Crippen LogP contribution in [0.4, 0.5) is 5.69 Å². The van der Waals surface area contributed by atoms with E-state index in [2.05, 4.69) is 18.3 Å². The molecule has 0 saturated carbocycles. The fourth-order valence-electron chi connectivity index (χ4n) is 6.42. The maximum absolute atomic E-state index is 13.7. The number of ether oxygens (including phenoxy) is 1. The molecular formula is C34H31N5O5. The number of aromatic nitrogens is 3. The molecule has 5 heterocycles. The number of carbonyl (C=O) groups is 2. The molecule has 5 aromatic rings. The number of anilines is 1. The van der Waals surface area contributed by atoms with Gasteiger partial charge in [0.2, 0.25) is 5.91 Å². The van der Waals surface area contributed by atoms with E-state index in [1.165, 1.54) is 0 Å². The molecule has 0 bridgehead atoms. The number of aliphatic hydroxyl groups is 1. The van der Waals surface area contributed by atoms with Gasteiger partial charge in [-0.1, -0.05) is 26.0 Å². The molecule has 0 radical (unpaired) electrons. The summed E-state index contributed by atoms with van der Waals surface area (Å²) in [5.74, 6) is -0.994. The van der Waals surface area contributed by atoms with Crippen LogP contribution in [0.5, 0.6) is 0 Å². The molecule has 222 valence electrons. The number of fused-ring (bicyclic) bond motifs is 7. The first-order valence-corrected chi connectivity index (χ1v) is 14.7. The van der Waals surface area contributed by atoms with Gasteiger partial charge in [-0.2, -0.15) is 0 Å². The molecule has 10 nitrogen and oxygen atoms in total. The Morgan fingerprint density at radius 2 is 1.84 bits per heavy atom. The molecule has 1 amide bonds. The quantitative estimate of drug-likeness (QED) is 0.201. The summed E-state index contributed by atoms with van der Waals surface area (Å²) < 4.78 is 6.88. The molecule has 2 aromatic carbocycles. The lowest BCUT2D eigenvalue weighted by Crippen LogP contribution is -2.44. The third-order valence-electron chi connectivity index (χ3n) is 8.88. The van der Waals surface area contributed by atoms with Crippen LogP contribution in [-0.2, 0) is 39.5 Å². The first kappa shape index (κ1) is 27.9. The van der Waals surface area contributed by atoms with Crippen molar-refractivity contribution in [3.8, 4) is 22.5 Å². The van der Waals surface area contributed by atoms with Gasteiger partial charge in [0.1, 0.15) is 6.61 Å². The minimum Gasteiger partial charge on any atom is -0.458 e. The number of hydrogen-bond donors (Lipinski definition) is 3. The number of carbonyl (C=O) groups excluding carboxylic acids is 2. The van der Waals surface area contributed by atoms with Crippen LogP contribution >= 0.6 is 0 Å². The van der Waals surface area contributed by atoms with Crippen LogP contribution in [0.2, 0.25) is 0 Å². The van der Waals surface area contributed by atoms with Crippen LogP contribution in [0.3, 0.4) is 0 Å². The first-order chi connectivity index (χ1) is 21.1. The van der Waals surface area contributed by atoms with E-state index in [1.807, 2.05) is 42.6 Å². The summed E-state index contributed by atoms with van der Waals surface area (Å²) in [5, 5.41) is 15.9. The Labute approximate surface area is 252 Å². The Morgan fingerprint density at radius 1 is 1.09 bits per heavy atom. The number of benzene rings is 2. The highest BCUT2D eigenvalue weighted by Gasteiger charge is 2.45. The second-order valence-electron chi connectivity index (χ2n) is 11.5. The lowest BCUT2D eigenvalue weighted by molar-refractivity contribution is -0.172. The number of pyridine rings is 3. The Hall–Kier alpha value is -4.93. The van der Waals surface area contributed by atoms with Gasteiger partial charge in [-0.3, -0.25) is 14.6 Å². The predicted molar refractivity (Wildman–Crippen MR) is 167 cm³/mol. The Bertz CT molecular complexity index is 2100. The van der Waals surface area contributed by atoms with Gasteiger partial charge in [0.25, 0.3) is 5.56 Å². The van der Waals surface area contributed by atoms with E-state index < -0.39 is 17.6 Å². The molecule has 0 unspecified atom stereocenters. The monoisotopic (exact) mass is 589 g/mol. The molecule has 3 aromatic heterocycles. The van der Waals surface area contributed by atoms with Crippen molar-refractivity contribution in [1.29, 1.82) is 0 Å². The number of rotatable bonds is 5. The van der Waals surface area contributed by atoms with Gasteiger partial charge in [0.05, 0.1) is 40.6 Å². The van der Waals surface area contributed by atoms with Gasteiger partial charge in [0, 0.05) is 39.3 Å². The van der Waals surface area contributed by atoms with E-state index in [9.17, 15) is 19.5 Å². The molecule has 2 atom stereocenters. The number of nitrogens with one attached hydrogen (secondary N) is 1. The first-order valence-electron chi connectivity index (χ1n) is 14.7. The van der Waals surface area contributed by atoms with Crippen molar-refractivity contribution < 1.29 is 19.4 Å². The Balaban J connectivity index is 1.38. The van der Waals surface area contributed by atoms with Crippen LogP contribution in [0, 0.1) is 0 Å². The molecular weight excluding hydrogens is 558 g/mol. The standard InChI is InChI=1S/C34H31N5O5/c1-4-21-23-15-39-28(13-25-24(32(39)41)16-44-33(42)34(25,43)5-2)30(23)38-27-11-10-26-22(29(21)27)12-19(14-36-26)18-6-8-20(9-7-18)37-31(40)17(3)35/h6-14,17,43H,4-5,15-16,35H2,1-3H3,(H,37,40)/t17-,34-/m0/s1. The summed E-state index contributed by atoms with van der Waals surface area (Å²) in [4.78, 5) is 48.1. The maximum Gasteiger partial charge on any atom is 0.343 e. The van der Waals surface area contributed by atoms with Gasteiger partial charge in [0.15, 0.2) is 5.60 Å². The predicted octanol–water partition coefficient (Wildman–Crippen LogP) is 4.14. The fourth-order valence-corrected chi connectivity index (χ4v) is 6.42. The molecule has 0 aliphatic carbocycles. The maximum atomic E-state index is 13.7. The number of hydrogen-bond acceptors (Lipinski definition) is 8. The third kappa shape index (κ3) is 4.05. The zero-order valence-corrected chi connectivity index (χ0v) is 24.6. The number of esters is 1. The van der Waals surface area contributed by atoms with Crippen LogP contribution in [0.15, 0.2) is 59.5 Å². The molecule has 0 fully saturated rings. The van der Waals surface area contributed by atoms with E-state index in [0.717, 1.165) is 44.1 Å². The normalized spacial score (nSPS) is 17.6. The largest absolute Gasteiger partial charge is 0.458 e. The summed E-state index contributed by atoms with van der Waals surface area (Å²) in [5.41, 5.74) is 11.5. The zero-order valence-electron chi connectivity index (χ0n) is 24.6. The Morgan fingerprint density at radius 3 is 2.55 bits per heavy atom. The Kier molecular flexibility index (Phi) is 6.38. The molecule has 0 spiro atoms. The van der Waals surface area contributed by atoms with Gasteiger partial charge < -0.3 is 25.5 Å². The van der Waals surface area contributed by atoms with Crippen LogP contribution in [0.25, 0.3) is 44.3 Å². The average molecular weight is 590 g/mol. The summed E-state index contributed by atoms with van der Waals surface area (Å²) in [6.07, 6.45) is 2.61. The molecule has 7 rings (SSSR count). The summed E-state index contributed by atoms with van der Waals surface area (Å²) >= 11 is 0. The van der Waals surface area contributed by atoms with E-state index in [4.69, 9.17) is 20.4 Å². The molecule has 2 aliphatic heterocycles. The van der Waals surface area contributed by atoms with E-state index in [-0.39, 0.29) is 24.5 Å². The number of cyclic esters (lactones) is 1. The van der Waals surface area contributed by atoms with Gasteiger partial charge >= 0.3 is 5.97 Å². The van der Waals surface area contributed by atoms with Crippen LogP contribution in [0.1, 0.15) is 49.4 Å². The van der Waals surface area contributed by atoms with Crippen molar-refractivity contribution in [3.05, 3.63) is 87.3 Å². The van der Waals surface area contributed by atoms with E-state index in [1.54, 1.807) is 24.5 Å². The SMILES string of the molecule is CCc1c2c(nc3ccc4ncc(-c5ccc(NC(=O)[C@H](C)N)cc5)cc4c13)-c1cc3c(c(=O)n1C2)COC(=O)[C@]3(O)CC. The minimum atomic E-state index is -1.87. The third-order valence-corrected chi connectivity index (χ3v) is 8.88. The highest BCUT2D eigenvalue weighted by Crippen LogP contribution is 2.42. The topological polar surface area (TPSA) is 149 Å². The summed E-state index contributed by atoms with van der Waals surface area (Å²) in [6, 6.07) is 14.6. The fraction of sp³-hybridized carbons (Fsp3) is 0.265. The molecule has 2 aliphatic rings. The van der Waals surface area contributed by atoms with Crippen molar-refractivity contribution in [2.45, 2.75) is 58.4 Å². The summed E-state index contributed by atoms with van der Waals surface area (Å²) in [6.45, 7) is 5.58. The van der Waals surface area contributed by atoms with E-state index in [0.29, 0.717) is 41.2 Å². The average Bonchev–Trinajstić information content (AvgIpc) is 3.40. The highest BCUT2D eigenvalue weighted by molar-refractivity contribution is 6.09. The van der Waals surface area contributed by atoms with Crippen molar-refractivity contribution in [2.75, 3.05) is 5.32 Å². The van der Waals surface area contributed by atoms with E-state index >= 15 is 0 Å². The smallest absolute Gasteiger partial charge is 0.343 e. The highest BCUT2D eigenvalue weighted by atomic mass is 16.6.